The van der Waals surface area contributed by atoms with Gasteiger partial charge in [0.05, 0.1) is 17.1 Å². The summed E-state index contributed by atoms with van der Waals surface area (Å²) in [6.45, 7) is 0. The Morgan fingerprint density at radius 2 is 1.16 bits per heavy atom. The maximum absolute atomic E-state index is 14.4. The molecule has 0 N–H and O–H groups in total. The first-order valence-electron chi connectivity index (χ1n) is 14.4. The topological polar surface area (TPSA) is 39.9 Å². The molecule has 7 aromatic rings. The first-order chi connectivity index (χ1) is 21.7. The Morgan fingerprint density at radius 1 is 0.523 bits per heavy atom. The van der Waals surface area contributed by atoms with Crippen LogP contribution in [0.4, 0.5) is 21.6 Å². The van der Waals surface area contributed by atoms with E-state index >= 15 is 0 Å². The summed E-state index contributed by atoms with van der Waals surface area (Å²) in [5.74, 6) is 0.311. The lowest BCUT2D eigenvalue weighted by atomic mass is 9.95. The summed E-state index contributed by atoms with van der Waals surface area (Å²) in [6, 6.07) is 53.8. The van der Waals surface area contributed by atoms with Crippen molar-refractivity contribution in [1.82, 2.24) is 4.98 Å². The molecule has 6 aromatic carbocycles. The fraction of sp³-hybridized carbons (Fsp3) is 0. The highest BCUT2D eigenvalue weighted by molar-refractivity contribution is 5.99. The van der Waals surface area contributed by atoms with Crippen LogP contribution in [0.3, 0.4) is 0 Å². The summed E-state index contributed by atoms with van der Waals surface area (Å²) in [6.07, 6.45) is 0. The van der Waals surface area contributed by atoms with Gasteiger partial charge in [-0.25, -0.2) is 9.37 Å². The third kappa shape index (κ3) is 5.31. The standard InChI is InChI=1S/C40H26FN3/c41-35-22-28(27-42)21-33(24-35)31-15-10-18-37(25-31)44(36-16-8-3-9-17-36)39-20-19-32-23-34(29-11-4-1-5-12-29)26-38(40(32)43-39)30-13-6-2-7-14-30/h1-26H. The van der Waals surface area contributed by atoms with Crippen molar-refractivity contribution in [3.8, 4) is 39.4 Å². The van der Waals surface area contributed by atoms with Gasteiger partial charge in [0.25, 0.3) is 0 Å². The SMILES string of the molecule is N#Cc1cc(F)cc(-c2cccc(N(c3ccccc3)c3ccc4cc(-c5ccccc5)cc(-c5ccccc5)c4n3)c2)c1. The Bertz CT molecular complexity index is 2140. The van der Waals surface area contributed by atoms with E-state index in [2.05, 4.69) is 65.6 Å². The largest absolute Gasteiger partial charge is 0.295 e. The van der Waals surface area contributed by atoms with Gasteiger partial charge in [-0.3, -0.25) is 4.90 Å². The lowest BCUT2D eigenvalue weighted by Gasteiger charge is -2.25. The maximum atomic E-state index is 14.4. The van der Waals surface area contributed by atoms with Crippen molar-refractivity contribution < 1.29 is 4.39 Å². The number of benzene rings is 6. The van der Waals surface area contributed by atoms with Crippen LogP contribution in [-0.2, 0) is 0 Å². The molecule has 4 heteroatoms. The number of fused-ring (bicyclic) bond motifs is 1. The summed E-state index contributed by atoms with van der Waals surface area (Å²) in [5, 5.41) is 10.5. The van der Waals surface area contributed by atoms with Crippen molar-refractivity contribution in [1.29, 1.82) is 5.26 Å². The van der Waals surface area contributed by atoms with Crippen molar-refractivity contribution in [3.63, 3.8) is 0 Å². The molecule has 0 aliphatic heterocycles. The van der Waals surface area contributed by atoms with Crippen molar-refractivity contribution in [3.05, 3.63) is 169 Å². The molecule has 0 aliphatic rings. The van der Waals surface area contributed by atoms with Crippen LogP contribution in [0.2, 0.25) is 0 Å². The summed E-state index contributed by atoms with van der Waals surface area (Å²) >= 11 is 0. The zero-order valence-electron chi connectivity index (χ0n) is 23.7. The normalized spacial score (nSPS) is 10.8. The van der Waals surface area contributed by atoms with E-state index < -0.39 is 5.82 Å². The van der Waals surface area contributed by atoms with Crippen LogP contribution in [-0.4, -0.2) is 4.98 Å². The first-order valence-corrected chi connectivity index (χ1v) is 14.4. The second kappa shape index (κ2) is 11.7. The van der Waals surface area contributed by atoms with E-state index in [0.717, 1.165) is 55.9 Å². The van der Waals surface area contributed by atoms with Gasteiger partial charge in [0.2, 0.25) is 0 Å². The number of nitriles is 1. The third-order valence-electron chi connectivity index (χ3n) is 7.68. The first kappa shape index (κ1) is 26.8. The smallest absolute Gasteiger partial charge is 0.138 e. The van der Waals surface area contributed by atoms with E-state index in [4.69, 9.17) is 4.98 Å². The van der Waals surface area contributed by atoms with Crippen LogP contribution in [0, 0.1) is 17.1 Å². The molecule has 0 fully saturated rings. The number of hydrogen-bond donors (Lipinski definition) is 0. The van der Waals surface area contributed by atoms with Crippen LogP contribution in [0.5, 0.6) is 0 Å². The zero-order valence-corrected chi connectivity index (χ0v) is 23.7. The highest BCUT2D eigenvalue weighted by Gasteiger charge is 2.17. The molecule has 3 nitrogen and oxygen atoms in total. The van der Waals surface area contributed by atoms with Crippen molar-refractivity contribution in [2.24, 2.45) is 0 Å². The predicted octanol–water partition coefficient (Wildman–Crippen LogP) is 10.7. The minimum absolute atomic E-state index is 0.282. The van der Waals surface area contributed by atoms with E-state index in [1.807, 2.05) is 84.9 Å². The highest BCUT2D eigenvalue weighted by atomic mass is 19.1. The summed E-state index contributed by atoms with van der Waals surface area (Å²) < 4.78 is 14.4. The van der Waals surface area contributed by atoms with Crippen molar-refractivity contribution in [2.75, 3.05) is 4.90 Å². The molecule has 0 unspecified atom stereocenters. The van der Waals surface area contributed by atoms with Gasteiger partial charge < -0.3 is 0 Å². The Morgan fingerprint density at radius 3 is 1.89 bits per heavy atom. The molecule has 0 amide bonds. The Kier molecular flexibility index (Phi) is 7.12. The van der Waals surface area contributed by atoms with Crippen LogP contribution in [0.1, 0.15) is 5.56 Å². The van der Waals surface area contributed by atoms with Gasteiger partial charge in [-0.15, -0.1) is 0 Å². The van der Waals surface area contributed by atoms with E-state index in [0.29, 0.717) is 5.56 Å². The molecule has 0 saturated heterocycles. The van der Waals surface area contributed by atoms with Gasteiger partial charge in [-0.2, -0.15) is 5.26 Å². The molecule has 1 heterocycles. The summed E-state index contributed by atoms with van der Waals surface area (Å²) in [7, 11) is 0. The second-order valence-electron chi connectivity index (χ2n) is 10.6. The van der Waals surface area contributed by atoms with Crippen molar-refractivity contribution >= 4 is 28.1 Å². The fourth-order valence-electron chi connectivity index (χ4n) is 5.62. The van der Waals surface area contributed by atoms with E-state index in [-0.39, 0.29) is 5.56 Å². The number of nitrogens with zero attached hydrogens (tertiary/aromatic N) is 3. The van der Waals surface area contributed by atoms with Gasteiger partial charge in [-0.05, 0) is 94.5 Å². The summed E-state index contributed by atoms with van der Waals surface area (Å²) in [5.41, 5.74) is 8.85. The fourth-order valence-corrected chi connectivity index (χ4v) is 5.62. The van der Waals surface area contributed by atoms with Gasteiger partial charge in [0.15, 0.2) is 0 Å². The minimum atomic E-state index is -0.441. The quantitative estimate of drug-likeness (QED) is 0.201. The average molecular weight is 568 g/mol. The van der Waals surface area contributed by atoms with Crippen LogP contribution >= 0.6 is 0 Å². The number of rotatable bonds is 6. The van der Waals surface area contributed by atoms with Gasteiger partial charge in [-0.1, -0.05) is 91.0 Å². The highest BCUT2D eigenvalue weighted by Crippen LogP contribution is 2.39. The third-order valence-corrected chi connectivity index (χ3v) is 7.68. The maximum Gasteiger partial charge on any atom is 0.138 e. The molecule has 0 spiro atoms. The van der Waals surface area contributed by atoms with Gasteiger partial charge in [0, 0.05) is 22.3 Å². The molecule has 0 saturated carbocycles. The van der Waals surface area contributed by atoms with Crippen molar-refractivity contribution in [2.45, 2.75) is 0 Å². The molecular weight excluding hydrogens is 541 g/mol. The molecular formula is C40H26FN3. The molecule has 7 rings (SSSR count). The molecule has 208 valence electrons. The number of anilines is 3. The van der Waals surface area contributed by atoms with Crippen LogP contribution in [0.25, 0.3) is 44.3 Å². The lowest BCUT2D eigenvalue weighted by Crippen LogP contribution is -2.11. The Labute approximate surface area is 255 Å². The monoisotopic (exact) mass is 567 g/mol. The number of halogens is 1. The Balaban J connectivity index is 1.42. The summed E-state index contributed by atoms with van der Waals surface area (Å²) in [4.78, 5) is 7.41. The predicted molar refractivity (Wildman–Crippen MR) is 177 cm³/mol. The van der Waals surface area contributed by atoms with Gasteiger partial charge in [0.1, 0.15) is 11.6 Å². The van der Waals surface area contributed by atoms with E-state index in [9.17, 15) is 9.65 Å². The van der Waals surface area contributed by atoms with E-state index in [1.54, 1.807) is 6.07 Å². The molecule has 0 bridgehead atoms. The van der Waals surface area contributed by atoms with Crippen LogP contribution in [0.15, 0.2) is 158 Å². The van der Waals surface area contributed by atoms with Crippen LogP contribution < -0.4 is 4.90 Å². The van der Waals surface area contributed by atoms with Gasteiger partial charge >= 0.3 is 0 Å². The number of aromatic nitrogens is 1. The number of pyridine rings is 1. The number of para-hydroxylation sites is 1. The Hall–Kier alpha value is -6.05. The molecule has 0 atom stereocenters. The molecule has 0 radical (unpaired) electrons. The van der Waals surface area contributed by atoms with E-state index in [1.165, 1.54) is 12.1 Å². The second-order valence-corrected chi connectivity index (χ2v) is 10.6. The average Bonchev–Trinajstić information content (AvgIpc) is 3.09. The minimum Gasteiger partial charge on any atom is -0.295 e. The number of hydrogen-bond acceptors (Lipinski definition) is 3. The molecule has 44 heavy (non-hydrogen) atoms. The molecule has 0 aliphatic carbocycles. The molecule has 1 aromatic heterocycles. The lowest BCUT2D eigenvalue weighted by molar-refractivity contribution is 0.628. The zero-order chi connectivity index (χ0) is 29.9.